The van der Waals surface area contributed by atoms with E-state index in [1.165, 1.54) is 6.92 Å². The standard InChI is InChI=1S/C7H15NO2S.C2H6.U.H2/c1-6(2)11(9,10)8-7(3,4)5;1-2;;/h8H,1H2,2-5H3;1-2H3;;1H. The van der Waals surface area contributed by atoms with E-state index < -0.39 is 15.6 Å². The Morgan fingerprint density at radius 3 is 1.64 bits per heavy atom. The van der Waals surface area contributed by atoms with Gasteiger partial charge in [0.15, 0.2) is 0 Å². The molecule has 0 saturated heterocycles. The molecule has 0 bridgehead atoms. The van der Waals surface area contributed by atoms with Crippen LogP contribution in [0.4, 0.5) is 0 Å². The van der Waals surface area contributed by atoms with Gasteiger partial charge in [0, 0.05) is 43.0 Å². The predicted molar refractivity (Wildman–Crippen MR) is 60.1 cm³/mol. The van der Waals surface area contributed by atoms with Crippen molar-refractivity contribution in [2.24, 2.45) is 0 Å². The van der Waals surface area contributed by atoms with Crippen LogP contribution in [0.25, 0.3) is 0 Å². The van der Waals surface area contributed by atoms with Gasteiger partial charge in [0.05, 0.1) is 0 Å². The fourth-order valence-corrected chi connectivity index (χ4v) is 1.47. The van der Waals surface area contributed by atoms with Gasteiger partial charge in [-0.05, 0) is 27.7 Å². The van der Waals surface area contributed by atoms with Crippen molar-refractivity contribution in [3.8, 4) is 0 Å². The molecule has 0 radical (unpaired) electrons. The maximum absolute atomic E-state index is 11.1. The summed E-state index contributed by atoms with van der Waals surface area (Å²) in [4.78, 5) is 0.146. The van der Waals surface area contributed by atoms with Crippen LogP contribution >= 0.6 is 0 Å². The summed E-state index contributed by atoms with van der Waals surface area (Å²) in [5, 5.41) is 0. The predicted octanol–water partition coefficient (Wildman–Crippen LogP) is 2.51. The van der Waals surface area contributed by atoms with Gasteiger partial charge in [0.2, 0.25) is 10.0 Å². The van der Waals surface area contributed by atoms with Crippen molar-refractivity contribution in [2.75, 3.05) is 0 Å². The summed E-state index contributed by atoms with van der Waals surface area (Å²) in [7, 11) is -3.30. The van der Waals surface area contributed by atoms with Crippen molar-refractivity contribution in [1.29, 1.82) is 0 Å². The normalized spacial score (nSPS) is 10.7. The van der Waals surface area contributed by atoms with E-state index in [1.54, 1.807) is 20.8 Å². The van der Waals surface area contributed by atoms with Crippen molar-refractivity contribution in [2.45, 2.75) is 47.1 Å². The van der Waals surface area contributed by atoms with Gasteiger partial charge >= 0.3 is 0 Å². The van der Waals surface area contributed by atoms with Gasteiger partial charge in [-0.25, -0.2) is 13.1 Å². The molecule has 0 saturated carbocycles. The molecule has 0 spiro atoms. The van der Waals surface area contributed by atoms with E-state index in [4.69, 9.17) is 0 Å². The van der Waals surface area contributed by atoms with Crippen LogP contribution in [0.5, 0.6) is 0 Å². The van der Waals surface area contributed by atoms with Gasteiger partial charge in [-0.15, -0.1) is 0 Å². The largest absolute Gasteiger partial charge is 0.236 e. The van der Waals surface area contributed by atoms with Crippen molar-refractivity contribution in [3.05, 3.63) is 11.5 Å². The molecular formula is C9H23NO2SU. The second-order valence-corrected chi connectivity index (χ2v) is 5.47. The van der Waals surface area contributed by atoms with Crippen LogP contribution in [0.15, 0.2) is 11.5 Å². The van der Waals surface area contributed by atoms with E-state index >= 15 is 0 Å². The first-order chi connectivity index (χ1) is 5.65. The molecule has 0 aromatic heterocycles. The van der Waals surface area contributed by atoms with Crippen molar-refractivity contribution < 1.29 is 41.0 Å². The minimum Gasteiger partial charge on any atom is -0.207 e. The summed E-state index contributed by atoms with van der Waals surface area (Å²) in [6, 6.07) is 0. The van der Waals surface area contributed by atoms with Gasteiger partial charge in [-0.1, -0.05) is 20.4 Å². The first kappa shape index (κ1) is 20.2. The molecule has 0 aromatic rings. The Bertz CT molecular complexity index is 258. The Kier molecular flexibility index (Phi) is 11.4. The number of rotatable bonds is 2. The Labute approximate surface area is 114 Å². The molecule has 3 nitrogen and oxygen atoms in total. The Morgan fingerprint density at radius 2 is 1.57 bits per heavy atom. The summed E-state index contributed by atoms with van der Waals surface area (Å²) in [6.45, 7) is 14.2. The number of allylic oxidation sites excluding steroid dienone is 1. The molecule has 0 unspecified atom stereocenters. The zero-order valence-electron chi connectivity index (χ0n) is 9.93. The molecule has 0 amide bonds. The summed E-state index contributed by atoms with van der Waals surface area (Å²) in [6.07, 6.45) is 0. The molecule has 0 rings (SSSR count). The van der Waals surface area contributed by atoms with Crippen LogP contribution < -0.4 is 4.72 Å². The van der Waals surface area contributed by atoms with Gasteiger partial charge < -0.3 is 0 Å². The smallest absolute Gasteiger partial charge is 0.207 e. The second-order valence-electron chi connectivity index (χ2n) is 3.56. The number of hydrogen-bond acceptors (Lipinski definition) is 2. The van der Waals surface area contributed by atoms with E-state index in [0.717, 1.165) is 0 Å². The fraction of sp³-hybridized carbons (Fsp3) is 0.778. The molecule has 5 heteroatoms. The minimum atomic E-state index is -3.30. The molecule has 0 heterocycles. The minimum absolute atomic E-state index is 0. The first-order valence-corrected chi connectivity index (χ1v) is 5.83. The Hall–Kier alpha value is 0.702. The SMILES string of the molecule is C=C(C)S(=O)(=O)NC(C)(C)C.CC.[HH].[U]. The van der Waals surface area contributed by atoms with Crippen LogP contribution in [0.1, 0.15) is 43.0 Å². The van der Waals surface area contributed by atoms with Crippen LogP contribution in [-0.4, -0.2) is 14.0 Å². The third kappa shape index (κ3) is 10.8. The number of nitrogens with one attached hydrogen (secondary N) is 1. The zero-order valence-corrected chi connectivity index (χ0v) is 14.9. The van der Waals surface area contributed by atoms with Crippen LogP contribution in [0.2, 0.25) is 0 Å². The molecule has 0 fully saturated rings. The third-order valence-corrected chi connectivity index (χ3v) is 2.70. The zero-order chi connectivity index (χ0) is 11.3. The van der Waals surface area contributed by atoms with Gasteiger partial charge in [-0.2, -0.15) is 0 Å². The van der Waals surface area contributed by atoms with Crippen molar-refractivity contribution in [3.63, 3.8) is 0 Å². The molecule has 14 heavy (non-hydrogen) atoms. The fourth-order valence-electron chi connectivity index (χ4n) is 0.490. The maximum Gasteiger partial charge on any atom is 0.236 e. The second kappa shape index (κ2) is 7.92. The summed E-state index contributed by atoms with van der Waals surface area (Å²) < 4.78 is 24.7. The molecule has 1 N–H and O–H groups in total. The van der Waals surface area contributed by atoms with Crippen LogP contribution in [-0.2, 0) is 10.0 Å². The monoisotopic (exact) mass is 447 g/mol. The Balaban J connectivity index is -0.000000142. The van der Waals surface area contributed by atoms with E-state index in [2.05, 4.69) is 11.3 Å². The first-order valence-electron chi connectivity index (χ1n) is 4.35. The van der Waals surface area contributed by atoms with E-state index in [0.29, 0.717) is 0 Å². The van der Waals surface area contributed by atoms with Crippen molar-refractivity contribution in [1.82, 2.24) is 4.72 Å². The topological polar surface area (TPSA) is 46.2 Å². The van der Waals surface area contributed by atoms with E-state index in [1.807, 2.05) is 13.8 Å². The average molecular weight is 447 g/mol. The third-order valence-electron chi connectivity index (χ3n) is 0.899. The summed E-state index contributed by atoms with van der Waals surface area (Å²) in [5.41, 5.74) is -0.433. The van der Waals surface area contributed by atoms with Crippen molar-refractivity contribution >= 4 is 10.0 Å². The summed E-state index contributed by atoms with van der Waals surface area (Å²) in [5.74, 6) is 0. The number of hydrogen-bond donors (Lipinski definition) is 1. The molecule has 0 aliphatic carbocycles. The molecule has 0 aliphatic rings. The van der Waals surface area contributed by atoms with Gasteiger partial charge in [0.1, 0.15) is 0 Å². The molecule has 0 aliphatic heterocycles. The van der Waals surface area contributed by atoms with Gasteiger partial charge in [0.25, 0.3) is 0 Å². The van der Waals surface area contributed by atoms with Gasteiger partial charge in [-0.3, -0.25) is 0 Å². The molecule has 0 atom stereocenters. The molecule has 86 valence electrons. The van der Waals surface area contributed by atoms with Crippen LogP contribution in [0, 0.1) is 31.1 Å². The molecule has 0 aromatic carbocycles. The van der Waals surface area contributed by atoms with E-state index in [9.17, 15) is 8.42 Å². The molecular weight excluding hydrogens is 424 g/mol. The van der Waals surface area contributed by atoms with Crippen LogP contribution in [0.3, 0.4) is 0 Å². The summed E-state index contributed by atoms with van der Waals surface area (Å²) >= 11 is 0. The number of sulfonamides is 1. The Morgan fingerprint density at radius 1 is 1.29 bits per heavy atom. The average Bonchev–Trinajstić information content (AvgIpc) is 1.86. The maximum atomic E-state index is 11.1. The quantitative estimate of drug-likeness (QED) is 0.708. The van der Waals surface area contributed by atoms with E-state index in [-0.39, 0.29) is 37.4 Å².